The quantitative estimate of drug-likeness (QED) is 0.727. The molecule has 1 aromatic rings. The van der Waals surface area contributed by atoms with Crippen LogP contribution in [0.15, 0.2) is 18.2 Å². The summed E-state index contributed by atoms with van der Waals surface area (Å²) < 4.78 is 0. The topological polar surface area (TPSA) is 86.6 Å². The van der Waals surface area contributed by atoms with E-state index in [1.807, 2.05) is 0 Å². The number of aromatic carboxylic acids is 1. The van der Waals surface area contributed by atoms with Gasteiger partial charge in [-0.1, -0.05) is 6.42 Å². The number of rotatable bonds is 3. The van der Waals surface area contributed by atoms with Crippen molar-refractivity contribution in [1.29, 1.82) is 0 Å². The van der Waals surface area contributed by atoms with E-state index in [0.717, 1.165) is 18.9 Å². The maximum atomic E-state index is 12.0. The molecule has 2 fully saturated rings. The summed E-state index contributed by atoms with van der Waals surface area (Å²) in [4.78, 5) is 22.8. The molecule has 2 unspecified atom stereocenters. The van der Waals surface area contributed by atoms with Crippen molar-refractivity contribution in [3.05, 3.63) is 23.8 Å². The van der Waals surface area contributed by atoms with Gasteiger partial charge < -0.3 is 15.5 Å². The maximum absolute atomic E-state index is 12.0. The number of phenols is 1. The van der Waals surface area contributed by atoms with Crippen LogP contribution < -0.4 is 5.32 Å². The van der Waals surface area contributed by atoms with Gasteiger partial charge in [0.25, 0.3) is 0 Å². The number of carbonyl (C=O) groups excluding carboxylic acids is 1. The number of anilines is 1. The number of hydrogen-bond donors (Lipinski definition) is 3. The predicted octanol–water partition coefficient (Wildman–Crippen LogP) is 2.07. The van der Waals surface area contributed by atoms with E-state index in [1.165, 1.54) is 18.6 Å². The van der Waals surface area contributed by atoms with Crippen LogP contribution in [0.1, 0.15) is 29.6 Å². The molecule has 3 N–H and O–H groups in total. The summed E-state index contributed by atoms with van der Waals surface area (Å²) in [5, 5.41) is 21.2. The van der Waals surface area contributed by atoms with E-state index in [1.54, 1.807) is 0 Å². The SMILES string of the molecule is O=C(O)c1ccc(NC(=O)C2C3CCCC32)c(O)c1. The van der Waals surface area contributed by atoms with E-state index >= 15 is 0 Å². The molecule has 19 heavy (non-hydrogen) atoms. The summed E-state index contributed by atoms with van der Waals surface area (Å²) in [5.74, 6) is -0.273. The first kappa shape index (κ1) is 12.0. The Hall–Kier alpha value is -2.04. The lowest BCUT2D eigenvalue weighted by Gasteiger charge is -2.09. The third kappa shape index (κ3) is 2.05. The molecule has 0 aromatic heterocycles. The zero-order valence-corrected chi connectivity index (χ0v) is 10.3. The van der Waals surface area contributed by atoms with Gasteiger partial charge >= 0.3 is 5.97 Å². The van der Waals surface area contributed by atoms with Crippen molar-refractivity contribution in [2.45, 2.75) is 19.3 Å². The highest BCUT2D eigenvalue weighted by molar-refractivity contribution is 5.97. The molecule has 5 heteroatoms. The maximum Gasteiger partial charge on any atom is 0.335 e. The first-order chi connectivity index (χ1) is 9.08. The third-order valence-corrected chi connectivity index (χ3v) is 4.21. The van der Waals surface area contributed by atoms with Crippen LogP contribution >= 0.6 is 0 Å². The van der Waals surface area contributed by atoms with Gasteiger partial charge in [-0.25, -0.2) is 4.79 Å². The van der Waals surface area contributed by atoms with Crippen molar-refractivity contribution >= 4 is 17.6 Å². The van der Waals surface area contributed by atoms with E-state index in [4.69, 9.17) is 5.11 Å². The number of hydrogen-bond acceptors (Lipinski definition) is 3. The van der Waals surface area contributed by atoms with Crippen LogP contribution in [0.25, 0.3) is 0 Å². The Morgan fingerprint density at radius 1 is 1.21 bits per heavy atom. The molecule has 2 atom stereocenters. The fraction of sp³-hybridized carbons (Fsp3) is 0.429. The lowest BCUT2D eigenvalue weighted by atomic mass is 10.1. The molecule has 2 aliphatic rings. The molecule has 3 rings (SSSR count). The number of fused-ring (bicyclic) bond motifs is 1. The Balaban J connectivity index is 1.70. The van der Waals surface area contributed by atoms with Crippen molar-refractivity contribution in [2.24, 2.45) is 17.8 Å². The summed E-state index contributed by atoms with van der Waals surface area (Å²) in [6.07, 6.45) is 3.44. The molecular formula is C14H15NO4. The van der Waals surface area contributed by atoms with Gasteiger partial charge in [-0.2, -0.15) is 0 Å². The Morgan fingerprint density at radius 2 is 1.89 bits per heavy atom. The van der Waals surface area contributed by atoms with Gasteiger partial charge in [-0.05, 0) is 42.9 Å². The Bertz CT molecular complexity index is 544. The Morgan fingerprint density at radius 3 is 2.47 bits per heavy atom. The van der Waals surface area contributed by atoms with Crippen molar-refractivity contribution in [1.82, 2.24) is 0 Å². The number of aromatic hydroxyl groups is 1. The van der Waals surface area contributed by atoms with Gasteiger partial charge in [0.05, 0.1) is 11.3 Å². The smallest absolute Gasteiger partial charge is 0.335 e. The van der Waals surface area contributed by atoms with Crippen molar-refractivity contribution in [3.8, 4) is 5.75 Å². The normalized spacial score (nSPS) is 27.7. The van der Waals surface area contributed by atoms with Gasteiger partial charge in [0.15, 0.2) is 0 Å². The first-order valence-electron chi connectivity index (χ1n) is 6.45. The van der Waals surface area contributed by atoms with Crippen molar-refractivity contribution < 1.29 is 19.8 Å². The van der Waals surface area contributed by atoms with Gasteiger partial charge in [-0.15, -0.1) is 0 Å². The Kier molecular flexibility index (Phi) is 2.69. The Labute approximate surface area is 110 Å². The zero-order valence-electron chi connectivity index (χ0n) is 10.3. The molecule has 0 spiro atoms. The minimum Gasteiger partial charge on any atom is -0.506 e. The number of carboxylic acids is 1. The molecule has 0 saturated heterocycles. The number of carboxylic acid groups (broad SMARTS) is 1. The van der Waals surface area contributed by atoms with E-state index in [9.17, 15) is 14.7 Å². The van der Waals surface area contributed by atoms with Crippen LogP contribution in [0.5, 0.6) is 5.75 Å². The van der Waals surface area contributed by atoms with E-state index in [2.05, 4.69) is 5.32 Å². The largest absolute Gasteiger partial charge is 0.506 e. The average molecular weight is 261 g/mol. The molecule has 0 radical (unpaired) electrons. The summed E-state index contributed by atoms with van der Waals surface area (Å²) in [6, 6.07) is 3.94. The third-order valence-electron chi connectivity index (χ3n) is 4.21. The van der Waals surface area contributed by atoms with E-state index < -0.39 is 5.97 Å². The second-order valence-electron chi connectivity index (χ2n) is 5.31. The molecule has 1 aromatic carbocycles. The van der Waals surface area contributed by atoms with Crippen molar-refractivity contribution in [2.75, 3.05) is 5.32 Å². The molecule has 5 nitrogen and oxygen atoms in total. The van der Waals surface area contributed by atoms with Crippen LogP contribution in [0.3, 0.4) is 0 Å². The molecule has 2 saturated carbocycles. The van der Waals surface area contributed by atoms with E-state index in [0.29, 0.717) is 11.8 Å². The standard InChI is InChI=1S/C14H15NO4/c16-11-6-7(14(18)19)4-5-10(11)15-13(17)12-8-2-1-3-9(8)12/h4-6,8-9,12,16H,1-3H2,(H,15,17)(H,18,19). The molecule has 1 amide bonds. The fourth-order valence-corrected chi connectivity index (χ4v) is 3.20. The minimum atomic E-state index is -1.11. The molecule has 100 valence electrons. The summed E-state index contributed by atoms with van der Waals surface area (Å²) in [7, 11) is 0. The average Bonchev–Trinajstić information content (AvgIpc) is 2.85. The fourth-order valence-electron chi connectivity index (χ4n) is 3.20. The second kappa shape index (κ2) is 4.26. The zero-order chi connectivity index (χ0) is 13.6. The van der Waals surface area contributed by atoms with Crippen LogP contribution in [-0.2, 0) is 4.79 Å². The first-order valence-corrected chi connectivity index (χ1v) is 6.45. The second-order valence-corrected chi connectivity index (χ2v) is 5.31. The van der Waals surface area contributed by atoms with Gasteiger partial charge in [0.2, 0.25) is 5.91 Å². The van der Waals surface area contributed by atoms with Gasteiger partial charge in [0.1, 0.15) is 5.75 Å². The molecule has 2 aliphatic carbocycles. The molecule has 0 aliphatic heterocycles. The molecule has 0 bridgehead atoms. The number of nitrogens with one attached hydrogen (secondary N) is 1. The predicted molar refractivity (Wildman–Crippen MR) is 68.0 cm³/mol. The summed E-state index contributed by atoms with van der Waals surface area (Å²) >= 11 is 0. The highest BCUT2D eigenvalue weighted by atomic mass is 16.4. The van der Waals surface area contributed by atoms with Gasteiger partial charge in [0, 0.05) is 5.92 Å². The van der Waals surface area contributed by atoms with Crippen LogP contribution in [0.2, 0.25) is 0 Å². The number of carbonyl (C=O) groups is 2. The van der Waals surface area contributed by atoms with Crippen molar-refractivity contribution in [3.63, 3.8) is 0 Å². The van der Waals surface area contributed by atoms with Crippen LogP contribution in [0.4, 0.5) is 5.69 Å². The van der Waals surface area contributed by atoms with Crippen LogP contribution in [-0.4, -0.2) is 22.1 Å². The summed E-state index contributed by atoms with van der Waals surface area (Å²) in [5.41, 5.74) is 0.277. The highest BCUT2D eigenvalue weighted by Crippen LogP contribution is 2.57. The highest BCUT2D eigenvalue weighted by Gasteiger charge is 2.56. The lowest BCUT2D eigenvalue weighted by Crippen LogP contribution is -2.16. The molecular weight excluding hydrogens is 246 g/mol. The van der Waals surface area contributed by atoms with Crippen LogP contribution in [0, 0.1) is 17.8 Å². The minimum absolute atomic E-state index is 0.00112. The number of phenolic OH excluding ortho intramolecular Hbond substituents is 1. The number of benzene rings is 1. The summed E-state index contributed by atoms with van der Waals surface area (Å²) in [6.45, 7) is 0. The van der Waals surface area contributed by atoms with Gasteiger partial charge in [-0.3, -0.25) is 4.79 Å². The van der Waals surface area contributed by atoms with E-state index in [-0.39, 0.29) is 28.8 Å². The number of amides is 1. The monoisotopic (exact) mass is 261 g/mol. The lowest BCUT2D eigenvalue weighted by molar-refractivity contribution is -0.118. The molecule has 0 heterocycles.